The molecule has 3 rings (SSSR count). The lowest BCUT2D eigenvalue weighted by molar-refractivity contribution is -0.120. The topological polar surface area (TPSA) is 96.7 Å². The van der Waals surface area contributed by atoms with Gasteiger partial charge in [-0.3, -0.25) is 9.89 Å². The lowest BCUT2D eigenvalue weighted by Crippen LogP contribution is -2.25. The summed E-state index contributed by atoms with van der Waals surface area (Å²) in [6.07, 6.45) is 8.44. The van der Waals surface area contributed by atoms with Crippen molar-refractivity contribution in [2.75, 3.05) is 5.32 Å². The highest BCUT2D eigenvalue weighted by molar-refractivity contribution is 5.92. The molecule has 1 heterocycles. The fraction of sp³-hybridized carbons (Fsp3) is 0.550. The Balaban J connectivity index is 1.59. The van der Waals surface area contributed by atoms with Gasteiger partial charge < -0.3 is 11.1 Å². The normalized spacial score (nSPS) is 16.4. The van der Waals surface area contributed by atoms with Crippen LogP contribution in [0.4, 0.5) is 5.69 Å². The van der Waals surface area contributed by atoms with Gasteiger partial charge >= 0.3 is 0 Å². The van der Waals surface area contributed by atoms with Crippen LogP contribution in [0, 0.1) is 11.8 Å². The van der Waals surface area contributed by atoms with Crippen molar-refractivity contribution in [2.45, 2.75) is 58.4 Å². The van der Waals surface area contributed by atoms with E-state index in [1.54, 1.807) is 0 Å². The highest BCUT2D eigenvalue weighted by atomic mass is 16.1. The molecule has 0 spiro atoms. The third-order valence-electron chi connectivity index (χ3n) is 5.34. The lowest BCUT2D eigenvalue weighted by atomic mass is 9.82. The largest absolute Gasteiger partial charge is 0.326 e. The fourth-order valence-corrected chi connectivity index (χ4v) is 3.75. The van der Waals surface area contributed by atoms with Gasteiger partial charge in [0, 0.05) is 17.2 Å². The van der Waals surface area contributed by atoms with Crippen LogP contribution < -0.4 is 11.1 Å². The molecule has 2 aromatic rings. The summed E-state index contributed by atoms with van der Waals surface area (Å²) < 4.78 is 0. The summed E-state index contributed by atoms with van der Waals surface area (Å²) in [5.41, 5.74) is 7.26. The van der Waals surface area contributed by atoms with Crippen molar-refractivity contribution in [2.24, 2.45) is 17.6 Å². The summed E-state index contributed by atoms with van der Waals surface area (Å²) in [4.78, 5) is 17.0. The fourth-order valence-electron chi connectivity index (χ4n) is 3.75. The molecule has 26 heavy (non-hydrogen) atoms. The number of hydrogen-bond donors (Lipinski definition) is 3. The number of anilines is 1. The Morgan fingerprint density at radius 1 is 1.27 bits per heavy atom. The van der Waals surface area contributed by atoms with Crippen molar-refractivity contribution in [1.82, 2.24) is 15.2 Å². The average Bonchev–Trinajstić information content (AvgIpc) is 3.16. The molecule has 0 saturated heterocycles. The minimum atomic E-state index is 0.0953. The molecule has 1 saturated carbocycles. The van der Waals surface area contributed by atoms with Crippen LogP contribution in [-0.4, -0.2) is 21.1 Å². The van der Waals surface area contributed by atoms with E-state index in [4.69, 9.17) is 5.73 Å². The minimum Gasteiger partial charge on any atom is -0.326 e. The number of H-pyrrole nitrogens is 1. The number of nitrogens with two attached hydrogens (primary N) is 1. The van der Waals surface area contributed by atoms with Gasteiger partial charge in [0.2, 0.25) is 5.91 Å². The standard InChI is InChI=1S/C20H29N5O/c1-2-15(12-14-6-4-3-5-7-14)20(26)22-17-10-8-16(9-11-17)19-23-18(13-21)24-25-19/h8-11,14-15H,2-7,12-13,21H2,1H3,(H,22,26)(H,23,24,25). The summed E-state index contributed by atoms with van der Waals surface area (Å²) in [5, 5.41) is 10.0. The molecule has 140 valence electrons. The van der Waals surface area contributed by atoms with Crippen LogP contribution in [0.25, 0.3) is 11.4 Å². The highest BCUT2D eigenvalue weighted by Crippen LogP contribution is 2.30. The van der Waals surface area contributed by atoms with Crippen LogP contribution in [-0.2, 0) is 11.3 Å². The summed E-state index contributed by atoms with van der Waals surface area (Å²) in [7, 11) is 0. The summed E-state index contributed by atoms with van der Waals surface area (Å²) in [6.45, 7) is 2.44. The minimum absolute atomic E-state index is 0.0953. The number of aromatic amines is 1. The Morgan fingerprint density at radius 2 is 2.00 bits per heavy atom. The van der Waals surface area contributed by atoms with E-state index in [0.717, 1.165) is 24.1 Å². The van der Waals surface area contributed by atoms with Crippen molar-refractivity contribution in [3.8, 4) is 11.4 Å². The van der Waals surface area contributed by atoms with Gasteiger partial charge in [-0.15, -0.1) is 0 Å². The second-order valence-corrected chi connectivity index (χ2v) is 7.22. The van der Waals surface area contributed by atoms with Gasteiger partial charge in [-0.05, 0) is 43.0 Å². The zero-order valence-electron chi connectivity index (χ0n) is 15.5. The monoisotopic (exact) mass is 355 g/mol. The van der Waals surface area contributed by atoms with Crippen molar-refractivity contribution in [3.63, 3.8) is 0 Å². The number of nitrogens with zero attached hydrogens (tertiary/aromatic N) is 2. The highest BCUT2D eigenvalue weighted by Gasteiger charge is 2.23. The first-order valence-electron chi connectivity index (χ1n) is 9.72. The maximum atomic E-state index is 12.7. The van der Waals surface area contributed by atoms with Gasteiger partial charge in [-0.2, -0.15) is 5.10 Å². The number of rotatable bonds is 7. The number of nitrogens with one attached hydrogen (secondary N) is 2. The zero-order valence-corrected chi connectivity index (χ0v) is 15.5. The number of amides is 1. The average molecular weight is 355 g/mol. The van der Waals surface area contributed by atoms with Crippen LogP contribution >= 0.6 is 0 Å². The molecule has 1 aromatic heterocycles. The molecule has 1 amide bonds. The molecule has 1 aromatic carbocycles. The van der Waals surface area contributed by atoms with Crippen molar-refractivity contribution < 1.29 is 4.79 Å². The first-order valence-corrected chi connectivity index (χ1v) is 9.72. The number of hydrogen-bond acceptors (Lipinski definition) is 4. The van der Waals surface area contributed by atoms with Gasteiger partial charge in [-0.25, -0.2) is 4.98 Å². The van der Waals surface area contributed by atoms with Crippen LogP contribution in [0.3, 0.4) is 0 Å². The number of carbonyl (C=O) groups excluding carboxylic acids is 1. The smallest absolute Gasteiger partial charge is 0.227 e. The molecule has 0 radical (unpaired) electrons. The van der Waals surface area contributed by atoms with Gasteiger partial charge in [0.25, 0.3) is 0 Å². The summed E-state index contributed by atoms with van der Waals surface area (Å²) in [5.74, 6) is 2.22. The van der Waals surface area contributed by atoms with Gasteiger partial charge in [0.05, 0.1) is 6.54 Å². The molecular formula is C20H29N5O. The Kier molecular flexibility index (Phi) is 6.39. The van der Waals surface area contributed by atoms with Crippen LogP contribution in [0.1, 0.15) is 57.7 Å². The molecule has 6 nitrogen and oxygen atoms in total. The van der Waals surface area contributed by atoms with E-state index >= 15 is 0 Å². The van der Waals surface area contributed by atoms with Crippen LogP contribution in [0.15, 0.2) is 24.3 Å². The van der Waals surface area contributed by atoms with E-state index < -0.39 is 0 Å². The predicted octanol–water partition coefficient (Wildman–Crippen LogP) is 3.87. The van der Waals surface area contributed by atoms with E-state index in [1.807, 2.05) is 24.3 Å². The van der Waals surface area contributed by atoms with E-state index in [0.29, 0.717) is 24.1 Å². The molecule has 1 aliphatic rings. The molecule has 1 fully saturated rings. The molecule has 4 N–H and O–H groups in total. The number of aromatic nitrogens is 3. The van der Waals surface area contributed by atoms with Crippen molar-refractivity contribution in [3.05, 3.63) is 30.1 Å². The van der Waals surface area contributed by atoms with Gasteiger partial charge in [0.1, 0.15) is 5.82 Å². The van der Waals surface area contributed by atoms with E-state index in [9.17, 15) is 4.79 Å². The SMILES string of the molecule is CCC(CC1CCCCC1)C(=O)Nc1ccc(-c2n[nH]c(CN)n2)cc1. The molecule has 6 heteroatoms. The quantitative estimate of drug-likeness (QED) is 0.702. The molecular weight excluding hydrogens is 326 g/mol. The van der Waals surface area contributed by atoms with Gasteiger partial charge in [-0.1, -0.05) is 39.0 Å². The van der Waals surface area contributed by atoms with Crippen molar-refractivity contribution >= 4 is 11.6 Å². The first-order chi connectivity index (χ1) is 12.7. The summed E-state index contributed by atoms with van der Waals surface area (Å²) in [6, 6.07) is 7.64. The molecule has 1 atom stereocenters. The molecule has 0 aliphatic heterocycles. The van der Waals surface area contributed by atoms with Crippen molar-refractivity contribution in [1.29, 1.82) is 0 Å². The molecule has 0 bridgehead atoms. The lowest BCUT2D eigenvalue weighted by Gasteiger charge is -2.25. The first kappa shape index (κ1) is 18.6. The Bertz CT molecular complexity index is 703. The Morgan fingerprint density at radius 3 is 2.62 bits per heavy atom. The van der Waals surface area contributed by atoms with Gasteiger partial charge in [0.15, 0.2) is 5.82 Å². The zero-order chi connectivity index (χ0) is 18.4. The Hall–Kier alpha value is -2.21. The third-order valence-corrected chi connectivity index (χ3v) is 5.34. The number of carbonyl (C=O) groups is 1. The summed E-state index contributed by atoms with van der Waals surface area (Å²) >= 11 is 0. The maximum absolute atomic E-state index is 12.7. The van der Waals surface area contributed by atoms with Crippen LogP contribution in [0.2, 0.25) is 0 Å². The van der Waals surface area contributed by atoms with E-state index in [1.165, 1.54) is 32.1 Å². The van der Waals surface area contributed by atoms with E-state index in [-0.39, 0.29) is 11.8 Å². The maximum Gasteiger partial charge on any atom is 0.227 e. The third kappa shape index (κ3) is 4.69. The van der Waals surface area contributed by atoms with Crippen LogP contribution in [0.5, 0.6) is 0 Å². The second-order valence-electron chi connectivity index (χ2n) is 7.22. The Labute approximate surface area is 155 Å². The molecule has 1 unspecified atom stereocenters. The second kappa shape index (κ2) is 8.94. The van der Waals surface area contributed by atoms with E-state index in [2.05, 4.69) is 27.4 Å². The predicted molar refractivity (Wildman–Crippen MR) is 103 cm³/mol. The number of benzene rings is 1. The molecule has 1 aliphatic carbocycles.